The largest absolute Gasteiger partial charge is 0.506 e. The van der Waals surface area contributed by atoms with Crippen molar-refractivity contribution in [2.24, 2.45) is 0 Å². The molecule has 0 aliphatic carbocycles. The zero-order valence-electron chi connectivity index (χ0n) is 14.2. The maximum Gasteiger partial charge on any atom is 0.411 e. The Morgan fingerprint density at radius 1 is 1.11 bits per heavy atom. The van der Waals surface area contributed by atoms with E-state index in [1.54, 1.807) is 36.4 Å². The lowest BCUT2D eigenvalue weighted by Gasteiger charge is -2.06. The zero-order chi connectivity index (χ0) is 20.3. The Balaban J connectivity index is 1.74. The minimum absolute atomic E-state index is 0.0723. The highest BCUT2D eigenvalue weighted by Crippen LogP contribution is 2.30. The van der Waals surface area contributed by atoms with Crippen LogP contribution >= 0.6 is 56.5 Å². The maximum atomic E-state index is 12.5. The third-order valence-corrected chi connectivity index (χ3v) is 5.81. The van der Waals surface area contributed by atoms with Crippen LogP contribution in [0.3, 0.4) is 0 Å². The van der Waals surface area contributed by atoms with E-state index in [9.17, 15) is 14.7 Å². The number of nitrogens with zero attached hydrogens (tertiary/aromatic N) is 2. The van der Waals surface area contributed by atoms with Gasteiger partial charge in [0.15, 0.2) is 0 Å². The first-order valence-electron chi connectivity index (χ1n) is 7.65. The Morgan fingerprint density at radius 2 is 1.82 bits per heavy atom. The molecular formula is C17H12I2N4O4S. The Morgan fingerprint density at radius 3 is 2.50 bits per heavy atom. The van der Waals surface area contributed by atoms with E-state index in [0.717, 1.165) is 9.13 Å². The molecule has 2 amide bonds. The highest BCUT2D eigenvalue weighted by atomic mass is 127. The molecule has 2 aromatic carbocycles. The maximum absolute atomic E-state index is 12.5. The van der Waals surface area contributed by atoms with Gasteiger partial charge in [-0.25, -0.2) is 4.79 Å². The van der Waals surface area contributed by atoms with Crippen molar-refractivity contribution in [1.29, 1.82) is 0 Å². The number of anilines is 2. The lowest BCUT2D eigenvalue weighted by molar-refractivity contribution is 0.102. The normalized spacial score (nSPS) is 10.4. The third kappa shape index (κ3) is 4.88. The first-order valence-corrected chi connectivity index (χ1v) is 10.6. The minimum atomic E-state index is -0.554. The van der Waals surface area contributed by atoms with Crippen LogP contribution in [-0.2, 0) is 4.74 Å². The Hall–Kier alpha value is -2.00. The molecule has 1 aromatic heterocycles. The predicted octanol–water partition coefficient (Wildman–Crippen LogP) is 4.55. The summed E-state index contributed by atoms with van der Waals surface area (Å²) in [4.78, 5) is 23.7. The van der Waals surface area contributed by atoms with Crippen LogP contribution in [0.1, 0.15) is 10.4 Å². The summed E-state index contributed by atoms with van der Waals surface area (Å²) < 4.78 is 5.97. The van der Waals surface area contributed by atoms with Crippen LogP contribution in [-0.4, -0.2) is 34.4 Å². The van der Waals surface area contributed by atoms with Gasteiger partial charge in [0.1, 0.15) is 10.8 Å². The standard InChI is InChI=1S/C17H12I2N4O4S/c1-27-17(26)20-10-4-2-8(3-5-10)15-22-23-16(28-15)21-14(25)11-6-9(18)7-12(19)13(11)24/h2-7,24H,1H3,(H,20,26)(H,21,23,25). The smallest absolute Gasteiger partial charge is 0.411 e. The van der Waals surface area contributed by atoms with Gasteiger partial charge in [-0.3, -0.25) is 15.4 Å². The summed E-state index contributed by atoms with van der Waals surface area (Å²) in [5, 5.41) is 24.3. The van der Waals surface area contributed by atoms with Gasteiger partial charge in [-0.15, -0.1) is 10.2 Å². The van der Waals surface area contributed by atoms with Gasteiger partial charge >= 0.3 is 6.09 Å². The molecule has 0 radical (unpaired) electrons. The molecule has 0 spiro atoms. The van der Waals surface area contributed by atoms with Gasteiger partial charge in [0.25, 0.3) is 5.91 Å². The van der Waals surface area contributed by atoms with Crippen molar-refractivity contribution in [1.82, 2.24) is 10.2 Å². The highest BCUT2D eigenvalue weighted by molar-refractivity contribution is 14.1. The fourth-order valence-electron chi connectivity index (χ4n) is 2.16. The minimum Gasteiger partial charge on any atom is -0.506 e. The van der Waals surface area contributed by atoms with Crippen LogP contribution in [0.25, 0.3) is 10.6 Å². The van der Waals surface area contributed by atoms with Crippen molar-refractivity contribution >= 4 is 79.3 Å². The Kier molecular flexibility index (Phi) is 6.66. The quantitative estimate of drug-likeness (QED) is 0.369. The molecule has 0 aliphatic rings. The molecule has 0 unspecified atom stereocenters. The summed E-state index contributed by atoms with van der Waals surface area (Å²) in [5.74, 6) is -0.536. The zero-order valence-corrected chi connectivity index (χ0v) is 19.3. The molecule has 3 rings (SSSR count). The first-order chi connectivity index (χ1) is 13.4. The first kappa shape index (κ1) is 20.7. The number of phenolic OH excluding ortho intramolecular Hbond substituents is 1. The van der Waals surface area contributed by atoms with Crippen LogP contribution < -0.4 is 10.6 Å². The number of amides is 2. The van der Waals surface area contributed by atoms with E-state index in [1.807, 2.05) is 22.6 Å². The molecular weight excluding hydrogens is 610 g/mol. The van der Waals surface area contributed by atoms with E-state index in [-0.39, 0.29) is 11.3 Å². The topological polar surface area (TPSA) is 113 Å². The van der Waals surface area contributed by atoms with Crippen LogP contribution in [0.2, 0.25) is 0 Å². The molecule has 3 N–H and O–H groups in total. The lowest BCUT2D eigenvalue weighted by atomic mass is 10.2. The van der Waals surface area contributed by atoms with Crippen molar-refractivity contribution < 1.29 is 19.4 Å². The van der Waals surface area contributed by atoms with Gasteiger partial charge in [-0.2, -0.15) is 0 Å². The van der Waals surface area contributed by atoms with Crippen molar-refractivity contribution in [2.75, 3.05) is 17.7 Å². The Labute approximate surface area is 191 Å². The number of nitrogens with one attached hydrogen (secondary N) is 2. The summed E-state index contributed by atoms with van der Waals surface area (Å²) in [7, 11) is 1.29. The summed E-state index contributed by atoms with van der Waals surface area (Å²) >= 11 is 5.25. The number of hydrogen-bond acceptors (Lipinski definition) is 7. The molecule has 0 saturated heterocycles. The summed E-state index contributed by atoms with van der Waals surface area (Å²) in [6.45, 7) is 0. The number of aromatic hydroxyl groups is 1. The average Bonchev–Trinajstić information content (AvgIpc) is 3.13. The molecule has 11 heteroatoms. The van der Waals surface area contributed by atoms with Crippen LogP contribution in [0.5, 0.6) is 5.75 Å². The van der Waals surface area contributed by atoms with Crippen molar-refractivity contribution in [3.63, 3.8) is 0 Å². The second kappa shape index (κ2) is 9.00. The summed E-state index contributed by atoms with van der Waals surface area (Å²) in [6, 6.07) is 10.3. The van der Waals surface area contributed by atoms with Crippen LogP contribution in [0.15, 0.2) is 36.4 Å². The van der Waals surface area contributed by atoms with E-state index in [2.05, 4.69) is 48.2 Å². The molecule has 3 aromatic rings. The van der Waals surface area contributed by atoms with Crippen LogP contribution in [0, 0.1) is 7.14 Å². The Bertz CT molecular complexity index is 1040. The number of aromatic nitrogens is 2. The van der Waals surface area contributed by atoms with E-state index in [0.29, 0.717) is 19.4 Å². The number of ether oxygens (including phenoxy) is 1. The average molecular weight is 622 g/mol. The fraction of sp³-hybridized carbons (Fsp3) is 0.0588. The number of hydrogen-bond donors (Lipinski definition) is 3. The molecule has 0 bridgehead atoms. The van der Waals surface area contributed by atoms with Gasteiger partial charge in [0.2, 0.25) is 5.13 Å². The van der Waals surface area contributed by atoms with Crippen LogP contribution in [0.4, 0.5) is 15.6 Å². The fourth-order valence-corrected chi connectivity index (χ4v) is 4.75. The second-order valence-electron chi connectivity index (χ2n) is 5.34. The lowest BCUT2D eigenvalue weighted by Crippen LogP contribution is -2.12. The number of methoxy groups -OCH3 is 1. The third-order valence-electron chi connectivity index (χ3n) is 3.48. The van der Waals surface area contributed by atoms with Crippen molar-refractivity contribution in [2.45, 2.75) is 0 Å². The summed E-state index contributed by atoms with van der Waals surface area (Å²) in [5.41, 5.74) is 1.53. The van der Waals surface area contributed by atoms with Crippen molar-refractivity contribution in [3.05, 3.63) is 49.1 Å². The molecule has 144 valence electrons. The number of carbonyl (C=O) groups excluding carboxylic acids is 2. The summed E-state index contributed by atoms with van der Waals surface area (Å²) in [6.07, 6.45) is -0.554. The molecule has 28 heavy (non-hydrogen) atoms. The number of halogens is 2. The van der Waals surface area contributed by atoms with E-state index in [4.69, 9.17) is 0 Å². The number of carbonyl (C=O) groups is 2. The number of rotatable bonds is 4. The second-order valence-corrected chi connectivity index (χ2v) is 8.73. The molecule has 0 saturated carbocycles. The molecule has 0 atom stereocenters. The van der Waals surface area contributed by atoms with E-state index in [1.165, 1.54) is 18.4 Å². The predicted molar refractivity (Wildman–Crippen MR) is 123 cm³/mol. The van der Waals surface area contributed by atoms with Gasteiger partial charge < -0.3 is 9.84 Å². The molecule has 1 heterocycles. The molecule has 0 aliphatic heterocycles. The molecule has 8 nitrogen and oxygen atoms in total. The molecule has 0 fully saturated rings. The SMILES string of the molecule is COC(=O)Nc1ccc(-c2nnc(NC(=O)c3cc(I)cc(I)c3O)s2)cc1. The number of benzene rings is 2. The van der Waals surface area contributed by atoms with Gasteiger partial charge in [-0.1, -0.05) is 11.3 Å². The number of phenols is 1. The monoisotopic (exact) mass is 622 g/mol. The van der Waals surface area contributed by atoms with E-state index >= 15 is 0 Å². The highest BCUT2D eigenvalue weighted by Gasteiger charge is 2.17. The van der Waals surface area contributed by atoms with Crippen molar-refractivity contribution in [3.8, 4) is 16.3 Å². The van der Waals surface area contributed by atoms with Gasteiger partial charge in [0.05, 0.1) is 16.2 Å². The van der Waals surface area contributed by atoms with E-state index < -0.39 is 12.0 Å². The van der Waals surface area contributed by atoms with Gasteiger partial charge in [-0.05, 0) is 81.6 Å². The van der Waals surface area contributed by atoms with Gasteiger partial charge in [0, 0.05) is 14.8 Å².